The molecule has 0 spiro atoms. The van der Waals surface area contributed by atoms with E-state index in [9.17, 15) is 22.8 Å². The molecule has 1 fully saturated rings. The number of esters is 1. The lowest BCUT2D eigenvalue weighted by molar-refractivity contribution is -0.154. The van der Waals surface area contributed by atoms with Crippen LogP contribution in [-0.4, -0.2) is 43.8 Å². The third-order valence-corrected chi connectivity index (χ3v) is 8.06. The van der Waals surface area contributed by atoms with E-state index in [1.165, 1.54) is 24.3 Å². The first kappa shape index (κ1) is 35.0. The first-order valence-electron chi connectivity index (χ1n) is 16.4. The lowest BCUT2D eigenvalue weighted by Gasteiger charge is -2.27. The minimum atomic E-state index is -5.06. The summed E-state index contributed by atoms with van der Waals surface area (Å²) in [5.41, 5.74) is 0.0160. The Morgan fingerprint density at radius 3 is 2.25 bits per heavy atom. The summed E-state index contributed by atoms with van der Waals surface area (Å²) in [5, 5.41) is -0.135. The molecular formula is C37H40F3NO7. The fourth-order valence-electron chi connectivity index (χ4n) is 5.48. The monoisotopic (exact) mass is 667 g/mol. The van der Waals surface area contributed by atoms with Gasteiger partial charge in [-0.05, 0) is 66.9 Å². The van der Waals surface area contributed by atoms with Crippen molar-refractivity contribution in [2.24, 2.45) is 0 Å². The number of hydrogen-bond donors (Lipinski definition) is 0. The van der Waals surface area contributed by atoms with Crippen molar-refractivity contribution >= 4 is 16.9 Å². The van der Waals surface area contributed by atoms with Crippen LogP contribution in [0.2, 0.25) is 0 Å². The first-order valence-corrected chi connectivity index (χ1v) is 16.4. The zero-order valence-electron chi connectivity index (χ0n) is 27.2. The van der Waals surface area contributed by atoms with Gasteiger partial charge in [0.15, 0.2) is 0 Å². The van der Waals surface area contributed by atoms with Crippen LogP contribution in [0, 0.1) is 0 Å². The quantitative estimate of drug-likeness (QED) is 0.0751. The van der Waals surface area contributed by atoms with E-state index in [0.717, 1.165) is 44.1 Å². The summed E-state index contributed by atoms with van der Waals surface area (Å²) in [6, 6.07) is 15.7. The number of fused-ring (bicyclic) bond motifs is 1. The van der Waals surface area contributed by atoms with Crippen molar-refractivity contribution in [1.82, 2.24) is 4.90 Å². The number of carbonyl (C=O) groups is 1. The van der Waals surface area contributed by atoms with Crippen molar-refractivity contribution in [1.29, 1.82) is 0 Å². The van der Waals surface area contributed by atoms with Gasteiger partial charge in [0.05, 0.1) is 36.3 Å². The molecule has 0 N–H and O–H groups in total. The first-order chi connectivity index (χ1) is 23.2. The number of rotatable bonds is 14. The van der Waals surface area contributed by atoms with Gasteiger partial charge in [0, 0.05) is 19.6 Å². The Morgan fingerprint density at radius 1 is 0.875 bits per heavy atom. The molecule has 11 heteroatoms. The molecule has 48 heavy (non-hydrogen) atoms. The molecule has 0 radical (unpaired) electrons. The standard InChI is InChI=1S/C37H40F3NO7/c1-3-5-6-7-21-45-27-15-11-26(12-16-27)36(43)47-31-18-17-29-32(42)34(46-28-13-9-25(8-4-2)10-14-28)35(37(38,39)40)48-33(29)30(31)24-41-19-22-44-23-20-41/h9-18H,3-8,19-24H2,1-2H3. The SMILES string of the molecule is CCCCCCOc1ccc(C(=O)Oc2ccc3c(=O)c(Oc4ccc(CCC)cc4)c(C(F)(F)F)oc3c2CN2CCOCC2)cc1. The lowest BCUT2D eigenvalue weighted by atomic mass is 10.1. The number of nitrogens with zero attached hydrogens (tertiary/aromatic N) is 1. The molecule has 0 atom stereocenters. The van der Waals surface area contributed by atoms with Crippen LogP contribution in [0.3, 0.4) is 0 Å². The van der Waals surface area contributed by atoms with Crippen molar-refractivity contribution in [3.05, 3.63) is 93.3 Å². The van der Waals surface area contributed by atoms with E-state index >= 15 is 0 Å². The average molecular weight is 668 g/mol. The number of aryl methyl sites for hydroxylation is 1. The van der Waals surface area contributed by atoms with Gasteiger partial charge in [-0.1, -0.05) is 51.7 Å². The molecule has 1 saturated heterocycles. The highest BCUT2D eigenvalue weighted by Crippen LogP contribution is 2.40. The Morgan fingerprint density at radius 2 is 1.58 bits per heavy atom. The zero-order valence-corrected chi connectivity index (χ0v) is 27.2. The predicted octanol–water partition coefficient (Wildman–Crippen LogP) is 8.57. The molecule has 2 heterocycles. The molecule has 0 amide bonds. The van der Waals surface area contributed by atoms with Gasteiger partial charge in [-0.2, -0.15) is 13.2 Å². The van der Waals surface area contributed by atoms with Crippen molar-refractivity contribution in [3.63, 3.8) is 0 Å². The van der Waals surface area contributed by atoms with Gasteiger partial charge in [0.25, 0.3) is 5.76 Å². The third kappa shape index (κ3) is 8.76. The normalized spacial score (nSPS) is 13.9. The highest BCUT2D eigenvalue weighted by molar-refractivity contribution is 5.92. The van der Waals surface area contributed by atoms with Crippen LogP contribution < -0.4 is 19.6 Å². The molecule has 0 aliphatic carbocycles. The maximum atomic E-state index is 14.5. The molecule has 5 rings (SSSR count). The van der Waals surface area contributed by atoms with Gasteiger partial charge in [-0.25, -0.2) is 4.79 Å². The van der Waals surface area contributed by atoms with Gasteiger partial charge in [0.1, 0.15) is 22.8 Å². The van der Waals surface area contributed by atoms with Crippen LogP contribution in [0.1, 0.15) is 73.2 Å². The largest absolute Gasteiger partial charge is 0.494 e. The number of halogens is 3. The van der Waals surface area contributed by atoms with Crippen LogP contribution in [0.4, 0.5) is 13.2 Å². The van der Waals surface area contributed by atoms with Crippen LogP contribution in [-0.2, 0) is 23.9 Å². The molecule has 1 aliphatic heterocycles. The molecule has 0 unspecified atom stereocenters. The summed E-state index contributed by atoms with van der Waals surface area (Å²) < 4.78 is 71.5. The second-order valence-corrected chi connectivity index (χ2v) is 11.7. The molecule has 3 aromatic carbocycles. The van der Waals surface area contributed by atoms with Crippen LogP contribution in [0.5, 0.6) is 23.0 Å². The van der Waals surface area contributed by atoms with E-state index in [1.54, 1.807) is 36.4 Å². The Balaban J connectivity index is 1.49. The minimum absolute atomic E-state index is 0.0216. The van der Waals surface area contributed by atoms with Crippen molar-refractivity contribution in [3.8, 4) is 23.0 Å². The Bertz CT molecular complexity index is 1730. The molecule has 256 valence electrons. The number of hydrogen-bond acceptors (Lipinski definition) is 8. The number of alkyl halides is 3. The van der Waals surface area contributed by atoms with E-state index in [4.69, 9.17) is 23.4 Å². The number of carbonyl (C=O) groups excluding carboxylic acids is 1. The molecular weight excluding hydrogens is 627 g/mol. The Labute approximate surface area is 277 Å². The van der Waals surface area contributed by atoms with Gasteiger partial charge >= 0.3 is 12.1 Å². The maximum Gasteiger partial charge on any atom is 0.453 e. The highest BCUT2D eigenvalue weighted by atomic mass is 19.4. The number of ether oxygens (including phenoxy) is 4. The van der Waals surface area contributed by atoms with Gasteiger partial charge in [-0.3, -0.25) is 9.69 Å². The summed E-state index contributed by atoms with van der Waals surface area (Å²) >= 11 is 0. The minimum Gasteiger partial charge on any atom is -0.494 e. The van der Waals surface area contributed by atoms with E-state index < -0.39 is 29.1 Å². The Kier molecular flexibility index (Phi) is 11.8. The fourth-order valence-corrected chi connectivity index (χ4v) is 5.48. The van der Waals surface area contributed by atoms with E-state index in [0.29, 0.717) is 38.7 Å². The van der Waals surface area contributed by atoms with Crippen LogP contribution in [0.25, 0.3) is 11.0 Å². The fraction of sp³-hybridized carbons (Fsp3) is 0.405. The zero-order chi connectivity index (χ0) is 34.1. The molecule has 0 bridgehead atoms. The van der Waals surface area contributed by atoms with Gasteiger partial charge in [-0.15, -0.1) is 0 Å². The average Bonchev–Trinajstić information content (AvgIpc) is 3.08. The summed E-state index contributed by atoms with van der Waals surface area (Å²) in [7, 11) is 0. The number of unbranched alkanes of at least 4 members (excludes halogenated alkanes) is 3. The molecule has 1 aromatic heterocycles. The summed E-state index contributed by atoms with van der Waals surface area (Å²) in [6.07, 6.45) is 0.902. The van der Waals surface area contributed by atoms with Crippen molar-refractivity contribution in [2.75, 3.05) is 32.9 Å². The van der Waals surface area contributed by atoms with E-state index in [-0.39, 0.29) is 40.1 Å². The number of morpholine rings is 1. The Hall–Kier alpha value is -4.35. The van der Waals surface area contributed by atoms with E-state index in [1.807, 2.05) is 11.8 Å². The molecule has 4 aromatic rings. The van der Waals surface area contributed by atoms with Crippen molar-refractivity contribution in [2.45, 2.75) is 65.1 Å². The molecule has 0 saturated carbocycles. The second-order valence-electron chi connectivity index (χ2n) is 11.7. The summed E-state index contributed by atoms with van der Waals surface area (Å²) in [4.78, 5) is 28.9. The summed E-state index contributed by atoms with van der Waals surface area (Å²) in [6.45, 7) is 6.56. The molecule has 8 nitrogen and oxygen atoms in total. The highest BCUT2D eigenvalue weighted by Gasteiger charge is 2.41. The van der Waals surface area contributed by atoms with Gasteiger partial charge in [0.2, 0.25) is 11.2 Å². The van der Waals surface area contributed by atoms with E-state index in [2.05, 4.69) is 6.92 Å². The predicted molar refractivity (Wildman–Crippen MR) is 175 cm³/mol. The van der Waals surface area contributed by atoms with Crippen LogP contribution >= 0.6 is 0 Å². The second kappa shape index (κ2) is 16.2. The lowest BCUT2D eigenvalue weighted by Crippen LogP contribution is -2.36. The van der Waals surface area contributed by atoms with Gasteiger partial charge < -0.3 is 23.4 Å². The smallest absolute Gasteiger partial charge is 0.453 e. The topological polar surface area (TPSA) is 87.4 Å². The molecule has 1 aliphatic rings. The summed E-state index contributed by atoms with van der Waals surface area (Å²) in [5.74, 6) is -2.61. The van der Waals surface area contributed by atoms with Crippen LogP contribution in [0.15, 0.2) is 69.9 Å². The third-order valence-electron chi connectivity index (χ3n) is 8.06. The maximum absolute atomic E-state index is 14.5. The number of benzene rings is 3. The van der Waals surface area contributed by atoms with Crippen molar-refractivity contribution < 1.29 is 41.3 Å².